The van der Waals surface area contributed by atoms with Gasteiger partial charge in [0, 0.05) is 23.6 Å². The standard InChI is InChI=1S/C23H15F3N2O4/c24-23(25,26)32-17-10-8-16(9-11-17)28-19(15-7-4-12-27-13-15)18(21(30)22(28)31)20(29)14-5-2-1-3-6-14/h1-13,19,29H/b20-18-. The van der Waals surface area contributed by atoms with E-state index in [9.17, 15) is 27.9 Å². The number of halogens is 3. The molecular formula is C23H15F3N2O4. The number of carbonyl (C=O) groups excluding carboxylic acids is 2. The molecule has 1 amide bonds. The summed E-state index contributed by atoms with van der Waals surface area (Å²) in [5, 5.41) is 10.9. The second-order valence-corrected chi connectivity index (χ2v) is 6.86. The summed E-state index contributed by atoms with van der Waals surface area (Å²) >= 11 is 0. The minimum absolute atomic E-state index is 0.148. The molecule has 0 saturated carbocycles. The van der Waals surface area contributed by atoms with Gasteiger partial charge >= 0.3 is 6.36 Å². The lowest BCUT2D eigenvalue weighted by Crippen LogP contribution is -2.29. The molecule has 32 heavy (non-hydrogen) atoms. The van der Waals surface area contributed by atoms with Crippen molar-refractivity contribution in [1.29, 1.82) is 0 Å². The van der Waals surface area contributed by atoms with E-state index in [-0.39, 0.29) is 17.0 Å². The predicted molar refractivity (Wildman–Crippen MR) is 109 cm³/mol. The average Bonchev–Trinajstić information content (AvgIpc) is 3.05. The Kier molecular flexibility index (Phi) is 5.40. The Morgan fingerprint density at radius 3 is 2.25 bits per heavy atom. The van der Waals surface area contributed by atoms with Crippen molar-refractivity contribution in [1.82, 2.24) is 4.98 Å². The molecule has 162 valence electrons. The van der Waals surface area contributed by atoms with E-state index in [4.69, 9.17) is 0 Å². The summed E-state index contributed by atoms with van der Waals surface area (Å²) in [6.07, 6.45) is -1.91. The third-order valence-electron chi connectivity index (χ3n) is 4.84. The summed E-state index contributed by atoms with van der Waals surface area (Å²) in [6.45, 7) is 0. The fourth-order valence-electron chi connectivity index (χ4n) is 3.51. The summed E-state index contributed by atoms with van der Waals surface area (Å²) in [6, 6.07) is 15.0. The number of ether oxygens (including phenoxy) is 1. The number of Topliss-reactive ketones (excluding diaryl/α,β-unsaturated/α-hetero) is 1. The average molecular weight is 440 g/mol. The van der Waals surface area contributed by atoms with Crippen molar-refractivity contribution in [3.63, 3.8) is 0 Å². The second kappa shape index (κ2) is 8.18. The van der Waals surface area contributed by atoms with Crippen molar-refractivity contribution >= 4 is 23.1 Å². The van der Waals surface area contributed by atoms with Crippen molar-refractivity contribution in [3.05, 3.63) is 95.8 Å². The molecular weight excluding hydrogens is 425 g/mol. The third kappa shape index (κ3) is 4.04. The first-order valence-electron chi connectivity index (χ1n) is 9.38. The summed E-state index contributed by atoms with van der Waals surface area (Å²) in [7, 11) is 0. The van der Waals surface area contributed by atoms with Crippen LogP contribution < -0.4 is 9.64 Å². The molecule has 9 heteroatoms. The number of hydrogen-bond donors (Lipinski definition) is 1. The number of anilines is 1. The van der Waals surface area contributed by atoms with Gasteiger partial charge in [0.1, 0.15) is 11.5 Å². The smallest absolute Gasteiger partial charge is 0.507 e. The number of aliphatic hydroxyl groups excluding tert-OH is 1. The highest BCUT2D eigenvalue weighted by molar-refractivity contribution is 6.51. The number of alkyl halides is 3. The molecule has 6 nitrogen and oxygen atoms in total. The van der Waals surface area contributed by atoms with Gasteiger partial charge in [0.15, 0.2) is 0 Å². The molecule has 1 atom stereocenters. The first-order valence-corrected chi connectivity index (χ1v) is 9.38. The number of hydrogen-bond acceptors (Lipinski definition) is 5. The zero-order valence-corrected chi connectivity index (χ0v) is 16.3. The summed E-state index contributed by atoms with van der Waals surface area (Å²) < 4.78 is 41.3. The number of aromatic nitrogens is 1. The zero-order chi connectivity index (χ0) is 22.9. The number of amides is 1. The maximum Gasteiger partial charge on any atom is 0.573 e. The monoisotopic (exact) mass is 440 g/mol. The molecule has 0 aliphatic carbocycles. The number of nitrogens with zero attached hydrogens (tertiary/aromatic N) is 2. The first-order chi connectivity index (χ1) is 15.3. The lowest BCUT2D eigenvalue weighted by atomic mass is 9.96. The Bertz CT molecular complexity index is 1180. The number of pyridine rings is 1. The van der Waals surface area contributed by atoms with Gasteiger partial charge in [0.25, 0.3) is 11.7 Å². The topological polar surface area (TPSA) is 79.7 Å². The Balaban J connectivity index is 1.83. The van der Waals surface area contributed by atoms with E-state index in [2.05, 4.69) is 9.72 Å². The Hall–Kier alpha value is -4.14. The molecule has 3 aromatic rings. The van der Waals surface area contributed by atoms with E-state index >= 15 is 0 Å². The maximum atomic E-state index is 12.9. The number of ketones is 1. The fourth-order valence-corrected chi connectivity index (χ4v) is 3.51. The fraction of sp³-hybridized carbons (Fsp3) is 0.0870. The third-order valence-corrected chi connectivity index (χ3v) is 4.84. The molecule has 2 aromatic carbocycles. The van der Waals surface area contributed by atoms with Crippen LogP contribution in [0.5, 0.6) is 5.75 Å². The van der Waals surface area contributed by atoms with E-state index in [1.54, 1.807) is 42.5 Å². The molecule has 1 aliphatic rings. The predicted octanol–water partition coefficient (Wildman–Crippen LogP) is 4.61. The largest absolute Gasteiger partial charge is 0.573 e. The maximum absolute atomic E-state index is 12.9. The number of benzene rings is 2. The molecule has 0 radical (unpaired) electrons. The van der Waals surface area contributed by atoms with Crippen LogP contribution in [0.4, 0.5) is 18.9 Å². The molecule has 1 aliphatic heterocycles. The first kappa shape index (κ1) is 21.1. The van der Waals surface area contributed by atoms with Crippen LogP contribution in [0.1, 0.15) is 17.2 Å². The highest BCUT2D eigenvalue weighted by Gasteiger charge is 2.47. The SMILES string of the molecule is O=C1C(=O)N(c2ccc(OC(F)(F)F)cc2)C(c2cccnc2)/C1=C(/O)c1ccccc1. The van der Waals surface area contributed by atoms with Crippen molar-refractivity contribution in [2.75, 3.05) is 4.90 Å². The van der Waals surface area contributed by atoms with Gasteiger partial charge in [-0.25, -0.2) is 0 Å². The van der Waals surface area contributed by atoms with Crippen LogP contribution in [0, 0.1) is 0 Å². The molecule has 1 aromatic heterocycles. The van der Waals surface area contributed by atoms with Crippen molar-refractivity contribution in [2.24, 2.45) is 0 Å². The van der Waals surface area contributed by atoms with Gasteiger partial charge in [0.05, 0.1) is 11.6 Å². The Morgan fingerprint density at radius 2 is 1.66 bits per heavy atom. The van der Waals surface area contributed by atoms with Gasteiger partial charge in [-0.05, 0) is 35.9 Å². The summed E-state index contributed by atoms with van der Waals surface area (Å²) in [5.41, 5.74) is 0.792. The van der Waals surface area contributed by atoms with Crippen LogP contribution in [-0.4, -0.2) is 28.1 Å². The molecule has 1 saturated heterocycles. The Morgan fingerprint density at radius 1 is 0.969 bits per heavy atom. The van der Waals surface area contributed by atoms with Gasteiger partial charge in [-0.2, -0.15) is 0 Å². The number of carbonyl (C=O) groups is 2. The van der Waals surface area contributed by atoms with Crippen LogP contribution in [0.15, 0.2) is 84.7 Å². The van der Waals surface area contributed by atoms with Crippen LogP contribution in [0.2, 0.25) is 0 Å². The zero-order valence-electron chi connectivity index (χ0n) is 16.3. The van der Waals surface area contributed by atoms with Crippen molar-refractivity contribution in [3.8, 4) is 5.75 Å². The molecule has 1 unspecified atom stereocenters. The molecule has 2 heterocycles. The number of aliphatic hydroxyl groups is 1. The van der Waals surface area contributed by atoms with E-state index in [0.717, 1.165) is 17.0 Å². The second-order valence-electron chi connectivity index (χ2n) is 6.86. The molecule has 1 N–H and O–H groups in total. The molecule has 0 spiro atoms. The highest BCUT2D eigenvalue weighted by atomic mass is 19.4. The van der Waals surface area contributed by atoms with Crippen molar-refractivity contribution < 1.29 is 32.6 Å². The minimum atomic E-state index is -4.86. The van der Waals surface area contributed by atoms with Gasteiger partial charge in [-0.15, -0.1) is 13.2 Å². The van der Waals surface area contributed by atoms with Crippen LogP contribution in [-0.2, 0) is 9.59 Å². The van der Waals surface area contributed by atoms with Crippen LogP contribution in [0.3, 0.4) is 0 Å². The quantitative estimate of drug-likeness (QED) is 0.364. The van der Waals surface area contributed by atoms with Gasteiger partial charge in [0.2, 0.25) is 0 Å². The highest BCUT2D eigenvalue weighted by Crippen LogP contribution is 2.42. The Labute approximate surface area is 180 Å². The van der Waals surface area contributed by atoms with Gasteiger partial charge in [-0.3, -0.25) is 19.5 Å². The van der Waals surface area contributed by atoms with E-state index in [0.29, 0.717) is 11.1 Å². The van der Waals surface area contributed by atoms with Gasteiger partial charge in [-0.1, -0.05) is 36.4 Å². The molecule has 4 rings (SSSR count). The van der Waals surface area contributed by atoms with Crippen molar-refractivity contribution in [2.45, 2.75) is 12.4 Å². The number of rotatable bonds is 4. The van der Waals surface area contributed by atoms with Crippen LogP contribution >= 0.6 is 0 Å². The van der Waals surface area contributed by atoms with E-state index in [1.807, 2.05) is 0 Å². The minimum Gasteiger partial charge on any atom is -0.507 e. The summed E-state index contributed by atoms with van der Waals surface area (Å²) in [4.78, 5) is 31.0. The lowest BCUT2D eigenvalue weighted by Gasteiger charge is -2.25. The summed E-state index contributed by atoms with van der Waals surface area (Å²) in [5.74, 6) is -2.69. The van der Waals surface area contributed by atoms with Gasteiger partial charge < -0.3 is 9.84 Å². The molecule has 0 bridgehead atoms. The van der Waals surface area contributed by atoms with E-state index in [1.165, 1.54) is 24.5 Å². The molecule has 1 fully saturated rings. The normalized spacial score (nSPS) is 18.1. The van der Waals surface area contributed by atoms with E-state index < -0.39 is 29.8 Å². The lowest BCUT2D eigenvalue weighted by molar-refractivity contribution is -0.274. The van der Waals surface area contributed by atoms with Crippen LogP contribution in [0.25, 0.3) is 5.76 Å².